The fourth-order valence-electron chi connectivity index (χ4n) is 3.54. The van der Waals surface area contributed by atoms with Crippen molar-refractivity contribution in [3.63, 3.8) is 0 Å². The van der Waals surface area contributed by atoms with E-state index >= 15 is 0 Å². The lowest BCUT2D eigenvalue weighted by molar-refractivity contribution is -0.138. The Labute approximate surface area is 193 Å². The number of nitrogens with zero attached hydrogens (tertiary/aromatic N) is 8. The molecule has 0 saturated carbocycles. The number of hydrazone groups is 2. The van der Waals surface area contributed by atoms with Crippen LogP contribution in [0.2, 0.25) is 0 Å². The van der Waals surface area contributed by atoms with E-state index in [1.807, 2.05) is 4.90 Å². The van der Waals surface area contributed by atoms with Gasteiger partial charge in [0.2, 0.25) is 5.95 Å². The van der Waals surface area contributed by atoms with Crippen LogP contribution in [0.1, 0.15) is 18.4 Å². The summed E-state index contributed by atoms with van der Waals surface area (Å²) in [5.41, 5.74) is 2.43. The van der Waals surface area contributed by atoms with Gasteiger partial charge in [0, 0.05) is 31.7 Å². The number of hydrogen-bond donors (Lipinski definition) is 3. The molecule has 34 heavy (non-hydrogen) atoms. The number of alkyl halides is 3. The number of pyridine rings is 1. The average molecular weight is 479 g/mol. The summed E-state index contributed by atoms with van der Waals surface area (Å²) >= 11 is 0. The van der Waals surface area contributed by atoms with Crippen LogP contribution in [0, 0.1) is 0 Å². The van der Waals surface area contributed by atoms with Gasteiger partial charge in [-0.05, 0) is 25.0 Å². The number of hydrazine groups is 2. The van der Waals surface area contributed by atoms with Gasteiger partial charge in [0.1, 0.15) is 24.5 Å². The zero-order valence-corrected chi connectivity index (χ0v) is 18.0. The molecule has 2 aliphatic rings. The summed E-state index contributed by atoms with van der Waals surface area (Å²) in [6, 6.07) is 3.42. The lowest BCUT2D eigenvalue weighted by Gasteiger charge is -2.35. The molecule has 0 radical (unpaired) electrons. The van der Waals surface area contributed by atoms with Crippen LogP contribution in [0.25, 0.3) is 0 Å². The Bertz CT molecular complexity index is 992. The second-order valence-corrected chi connectivity index (χ2v) is 7.67. The first kappa shape index (κ1) is 23.4. The zero-order chi connectivity index (χ0) is 24.1. The number of halogens is 3. The SMILES string of the molecule is N/N=C\N(N)c1ccc(OCC2C=NN(C3CCN(c4ncc(C(F)(F)F)cn4)CC3)N2)cn1. The van der Waals surface area contributed by atoms with Crippen molar-refractivity contribution in [3.8, 4) is 5.75 Å². The number of nitrogens with two attached hydrogens (primary N) is 2. The summed E-state index contributed by atoms with van der Waals surface area (Å²) in [5, 5.41) is 10.7. The fourth-order valence-corrected chi connectivity index (χ4v) is 3.54. The molecule has 182 valence electrons. The minimum Gasteiger partial charge on any atom is -0.490 e. The van der Waals surface area contributed by atoms with Crippen molar-refractivity contribution >= 4 is 24.3 Å². The molecule has 2 aromatic heterocycles. The molecule has 0 spiro atoms. The second kappa shape index (κ2) is 10.0. The summed E-state index contributed by atoms with van der Waals surface area (Å²) in [7, 11) is 0. The van der Waals surface area contributed by atoms with Gasteiger partial charge in [-0.3, -0.25) is 0 Å². The maximum Gasteiger partial charge on any atom is 0.419 e. The normalized spacial score (nSPS) is 19.2. The Kier molecular flexibility index (Phi) is 6.93. The van der Waals surface area contributed by atoms with Crippen molar-refractivity contribution in [2.24, 2.45) is 21.9 Å². The molecular formula is C19H24F3N11O. The van der Waals surface area contributed by atoms with Crippen molar-refractivity contribution in [2.75, 3.05) is 29.6 Å². The highest BCUT2D eigenvalue weighted by Gasteiger charge is 2.32. The second-order valence-electron chi connectivity index (χ2n) is 7.67. The fraction of sp³-hybridized carbons (Fsp3) is 0.421. The predicted molar refractivity (Wildman–Crippen MR) is 119 cm³/mol. The highest BCUT2D eigenvalue weighted by molar-refractivity contribution is 5.75. The lowest BCUT2D eigenvalue weighted by Crippen LogP contribution is -2.49. The molecule has 0 aliphatic carbocycles. The van der Waals surface area contributed by atoms with Crippen LogP contribution in [-0.2, 0) is 6.18 Å². The van der Waals surface area contributed by atoms with Crippen molar-refractivity contribution in [3.05, 3.63) is 36.3 Å². The van der Waals surface area contributed by atoms with Gasteiger partial charge in [0.15, 0.2) is 0 Å². The van der Waals surface area contributed by atoms with E-state index in [-0.39, 0.29) is 12.1 Å². The van der Waals surface area contributed by atoms with Crippen LogP contribution in [-0.4, -0.2) is 64.4 Å². The summed E-state index contributed by atoms with van der Waals surface area (Å²) in [5.74, 6) is 12.1. The summed E-state index contributed by atoms with van der Waals surface area (Å²) < 4.78 is 43.8. The third kappa shape index (κ3) is 5.60. The zero-order valence-electron chi connectivity index (χ0n) is 18.0. The number of aromatic nitrogens is 3. The molecular weight excluding hydrogens is 455 g/mol. The largest absolute Gasteiger partial charge is 0.490 e. The van der Waals surface area contributed by atoms with Gasteiger partial charge >= 0.3 is 6.18 Å². The van der Waals surface area contributed by atoms with Gasteiger partial charge in [0.25, 0.3) is 0 Å². The van der Waals surface area contributed by atoms with Crippen molar-refractivity contribution in [2.45, 2.75) is 31.1 Å². The van der Waals surface area contributed by atoms with Crippen molar-refractivity contribution in [1.82, 2.24) is 25.5 Å². The van der Waals surface area contributed by atoms with E-state index in [1.165, 1.54) is 11.3 Å². The van der Waals surface area contributed by atoms with Crippen molar-refractivity contribution in [1.29, 1.82) is 0 Å². The molecule has 1 atom stereocenters. The Balaban J connectivity index is 1.21. The first-order valence-electron chi connectivity index (χ1n) is 10.4. The first-order valence-corrected chi connectivity index (χ1v) is 10.4. The number of piperidine rings is 1. The monoisotopic (exact) mass is 479 g/mol. The number of anilines is 2. The summed E-state index contributed by atoms with van der Waals surface area (Å²) in [6.45, 7) is 1.56. The standard InChI is InChI=1S/C19H24F3N11O/c20-19(21,22)13-7-26-18(27-8-13)31-5-3-15(4-6-31)33-29-9-14(30-33)11-34-16-1-2-17(25-10-16)32(24)12-28-23/h1-2,7-10,12,14-15,30H,3-6,11,23-24H2/b28-12-. The summed E-state index contributed by atoms with van der Waals surface area (Å²) in [6.07, 6.45) is 3.22. The molecule has 2 aliphatic heterocycles. The molecule has 1 fully saturated rings. The topological polar surface area (TPSA) is 146 Å². The number of rotatable bonds is 7. The smallest absolute Gasteiger partial charge is 0.419 e. The third-order valence-electron chi connectivity index (χ3n) is 5.33. The molecule has 0 aromatic carbocycles. The third-order valence-corrected chi connectivity index (χ3v) is 5.33. The van der Waals surface area contributed by atoms with Crippen LogP contribution in [0.5, 0.6) is 5.75 Å². The quantitative estimate of drug-likeness (QED) is 0.224. The van der Waals surface area contributed by atoms with E-state index in [1.54, 1.807) is 29.7 Å². The minimum absolute atomic E-state index is 0.119. The lowest BCUT2D eigenvalue weighted by atomic mass is 10.1. The van der Waals surface area contributed by atoms with E-state index in [9.17, 15) is 13.2 Å². The van der Waals surface area contributed by atoms with E-state index in [0.717, 1.165) is 25.2 Å². The molecule has 1 saturated heterocycles. The van der Waals surface area contributed by atoms with Crippen LogP contribution in [0.3, 0.4) is 0 Å². The molecule has 4 rings (SSSR count). The van der Waals surface area contributed by atoms with Gasteiger partial charge in [0.05, 0.1) is 23.8 Å². The molecule has 5 N–H and O–H groups in total. The molecule has 15 heteroatoms. The van der Waals surface area contributed by atoms with Crippen LogP contribution in [0.4, 0.5) is 24.9 Å². The maximum atomic E-state index is 12.7. The summed E-state index contributed by atoms with van der Waals surface area (Å²) in [4.78, 5) is 13.8. The van der Waals surface area contributed by atoms with Gasteiger partial charge in [-0.25, -0.2) is 36.3 Å². The molecule has 4 heterocycles. The Morgan fingerprint density at radius 2 is 1.91 bits per heavy atom. The first-order chi connectivity index (χ1) is 16.3. The van der Waals surface area contributed by atoms with Crippen LogP contribution in [0.15, 0.2) is 40.9 Å². The van der Waals surface area contributed by atoms with E-state index in [4.69, 9.17) is 16.4 Å². The molecule has 2 aromatic rings. The maximum absolute atomic E-state index is 12.7. The molecule has 0 bridgehead atoms. The van der Waals surface area contributed by atoms with E-state index < -0.39 is 11.7 Å². The van der Waals surface area contributed by atoms with E-state index in [2.05, 4.69) is 30.6 Å². The van der Waals surface area contributed by atoms with E-state index in [0.29, 0.717) is 37.2 Å². The predicted octanol–water partition coefficient (Wildman–Crippen LogP) is 0.695. The van der Waals surface area contributed by atoms with Crippen LogP contribution < -0.4 is 31.8 Å². The average Bonchev–Trinajstić information content (AvgIpc) is 3.32. The minimum atomic E-state index is -4.45. The highest BCUT2D eigenvalue weighted by Crippen LogP contribution is 2.29. The van der Waals surface area contributed by atoms with Crippen molar-refractivity contribution < 1.29 is 17.9 Å². The van der Waals surface area contributed by atoms with Gasteiger partial charge in [-0.15, -0.1) is 0 Å². The Morgan fingerprint density at radius 1 is 1.18 bits per heavy atom. The number of hydrogen-bond acceptors (Lipinski definition) is 11. The van der Waals surface area contributed by atoms with Gasteiger partial charge in [-0.1, -0.05) is 0 Å². The highest BCUT2D eigenvalue weighted by atomic mass is 19.4. The number of nitrogens with one attached hydrogen (secondary N) is 1. The van der Waals surface area contributed by atoms with Crippen LogP contribution >= 0.6 is 0 Å². The molecule has 1 unspecified atom stereocenters. The Hall–Kier alpha value is -3.72. The molecule has 12 nitrogen and oxygen atoms in total. The Morgan fingerprint density at radius 3 is 2.53 bits per heavy atom. The van der Waals surface area contributed by atoms with Gasteiger partial charge in [-0.2, -0.15) is 23.4 Å². The van der Waals surface area contributed by atoms with Gasteiger partial charge < -0.3 is 15.5 Å². The molecule has 0 amide bonds. The number of ether oxygens (including phenoxy) is 1.